The Morgan fingerprint density at radius 2 is 1.84 bits per heavy atom. The summed E-state index contributed by atoms with van der Waals surface area (Å²) in [6, 6.07) is 20.0. The number of carbonyl (C=O) groups excluding carboxylic acids is 2. The standard InChI is InChI=1S/C28H26N4O5/c1-35-20-9-6-18(7-10-20)12-13-31-27(34)23(32-22-5-3-2-4-21(22)30-28(31)32)17-26(33)29-19-8-11-24-25(16-19)37-15-14-36-24/h2-11,16,23H,12-15,17H2,1H3,(H,29,33)/t23-/m0/s1. The van der Waals surface area contributed by atoms with Crippen molar-refractivity contribution in [2.75, 3.05) is 37.1 Å². The van der Waals surface area contributed by atoms with Crippen LogP contribution in [0.3, 0.4) is 0 Å². The van der Waals surface area contributed by atoms with Crippen molar-refractivity contribution >= 4 is 34.5 Å². The van der Waals surface area contributed by atoms with E-state index in [4.69, 9.17) is 19.2 Å². The molecule has 2 aliphatic rings. The minimum absolute atomic E-state index is 0.0142. The first-order valence-electron chi connectivity index (χ1n) is 12.2. The van der Waals surface area contributed by atoms with Gasteiger partial charge in [-0.25, -0.2) is 4.98 Å². The Kier molecular flexibility index (Phi) is 5.88. The molecular weight excluding hydrogens is 472 g/mol. The second kappa shape index (κ2) is 9.50. The van der Waals surface area contributed by atoms with Crippen molar-refractivity contribution in [3.8, 4) is 17.2 Å². The number of anilines is 2. The number of hydrogen-bond acceptors (Lipinski definition) is 6. The van der Waals surface area contributed by atoms with Gasteiger partial charge in [0.2, 0.25) is 11.9 Å². The van der Waals surface area contributed by atoms with Gasteiger partial charge in [0.1, 0.15) is 25.0 Å². The van der Waals surface area contributed by atoms with Crippen molar-refractivity contribution in [1.29, 1.82) is 0 Å². The quantitative estimate of drug-likeness (QED) is 0.414. The van der Waals surface area contributed by atoms with Crippen LogP contribution in [0.5, 0.6) is 17.2 Å². The predicted molar refractivity (Wildman–Crippen MR) is 138 cm³/mol. The van der Waals surface area contributed by atoms with E-state index < -0.39 is 6.04 Å². The number of aromatic nitrogens is 2. The van der Waals surface area contributed by atoms with Gasteiger partial charge in [0.25, 0.3) is 5.91 Å². The molecule has 3 heterocycles. The molecule has 2 aliphatic heterocycles. The molecule has 1 atom stereocenters. The van der Waals surface area contributed by atoms with E-state index in [1.807, 2.05) is 53.1 Å². The lowest BCUT2D eigenvalue weighted by atomic mass is 10.1. The molecule has 0 fully saturated rings. The Balaban J connectivity index is 1.23. The average Bonchev–Trinajstić information content (AvgIpc) is 3.42. The molecule has 188 valence electrons. The average molecular weight is 499 g/mol. The first-order chi connectivity index (χ1) is 18.1. The predicted octanol–water partition coefficient (Wildman–Crippen LogP) is 3.98. The summed E-state index contributed by atoms with van der Waals surface area (Å²) in [5.41, 5.74) is 3.29. The summed E-state index contributed by atoms with van der Waals surface area (Å²) in [4.78, 5) is 33.1. The third kappa shape index (κ3) is 4.33. The molecule has 0 radical (unpaired) electrons. The van der Waals surface area contributed by atoms with Crippen LogP contribution in [0.25, 0.3) is 11.0 Å². The third-order valence-electron chi connectivity index (χ3n) is 6.67. The van der Waals surface area contributed by atoms with Crippen LogP contribution < -0.4 is 24.4 Å². The molecule has 9 nitrogen and oxygen atoms in total. The van der Waals surface area contributed by atoms with E-state index in [-0.39, 0.29) is 18.2 Å². The second-order valence-corrected chi connectivity index (χ2v) is 8.99. The number of methoxy groups -OCH3 is 1. The lowest BCUT2D eigenvalue weighted by Crippen LogP contribution is -2.33. The van der Waals surface area contributed by atoms with Crippen molar-refractivity contribution in [2.45, 2.75) is 18.9 Å². The molecule has 0 aliphatic carbocycles. The Hall–Kier alpha value is -4.53. The van der Waals surface area contributed by atoms with Gasteiger partial charge in [0.15, 0.2) is 11.5 Å². The SMILES string of the molecule is COc1ccc(CCN2C(=O)[C@H](CC(=O)Nc3ccc4c(c3)OCCO4)n3c2nc2ccccc23)cc1. The van der Waals surface area contributed by atoms with Crippen LogP contribution >= 0.6 is 0 Å². The van der Waals surface area contributed by atoms with E-state index in [1.54, 1.807) is 30.2 Å². The van der Waals surface area contributed by atoms with Gasteiger partial charge in [-0.05, 0) is 48.4 Å². The summed E-state index contributed by atoms with van der Waals surface area (Å²) >= 11 is 0. The maximum Gasteiger partial charge on any atom is 0.253 e. The van der Waals surface area contributed by atoms with E-state index in [9.17, 15) is 9.59 Å². The van der Waals surface area contributed by atoms with Crippen LogP contribution in [0.4, 0.5) is 11.6 Å². The van der Waals surface area contributed by atoms with Gasteiger partial charge in [0, 0.05) is 18.3 Å². The maximum absolute atomic E-state index is 13.6. The van der Waals surface area contributed by atoms with E-state index in [0.717, 1.165) is 22.3 Å². The van der Waals surface area contributed by atoms with E-state index >= 15 is 0 Å². The summed E-state index contributed by atoms with van der Waals surface area (Å²) in [6.07, 6.45) is 0.634. The van der Waals surface area contributed by atoms with Crippen LogP contribution in [-0.4, -0.2) is 48.2 Å². The molecule has 6 rings (SSSR count). The van der Waals surface area contributed by atoms with Crippen LogP contribution in [-0.2, 0) is 16.0 Å². The van der Waals surface area contributed by atoms with Gasteiger partial charge in [-0.3, -0.25) is 19.1 Å². The number of nitrogens with one attached hydrogen (secondary N) is 1. The highest BCUT2D eigenvalue weighted by atomic mass is 16.6. The number of hydrogen-bond donors (Lipinski definition) is 1. The number of nitrogens with zero attached hydrogens (tertiary/aromatic N) is 3. The van der Waals surface area contributed by atoms with Gasteiger partial charge in [-0.15, -0.1) is 0 Å². The highest BCUT2D eigenvalue weighted by Gasteiger charge is 2.40. The minimum atomic E-state index is -0.685. The molecule has 3 aromatic carbocycles. The molecule has 0 bridgehead atoms. The molecular formula is C28H26N4O5. The lowest BCUT2D eigenvalue weighted by Gasteiger charge is -2.19. The van der Waals surface area contributed by atoms with Gasteiger partial charge in [0.05, 0.1) is 24.6 Å². The molecule has 2 amide bonds. The molecule has 0 spiro atoms. The van der Waals surface area contributed by atoms with E-state index in [2.05, 4.69) is 5.32 Å². The van der Waals surface area contributed by atoms with Crippen LogP contribution in [0, 0.1) is 0 Å². The maximum atomic E-state index is 13.6. The highest BCUT2D eigenvalue weighted by Crippen LogP contribution is 2.37. The molecule has 9 heteroatoms. The summed E-state index contributed by atoms with van der Waals surface area (Å²) in [6.45, 7) is 1.41. The number of para-hydroxylation sites is 2. The summed E-state index contributed by atoms with van der Waals surface area (Å²) in [5.74, 6) is 2.18. The lowest BCUT2D eigenvalue weighted by molar-refractivity contribution is -0.124. The van der Waals surface area contributed by atoms with Gasteiger partial charge < -0.3 is 19.5 Å². The minimum Gasteiger partial charge on any atom is -0.497 e. The molecule has 0 saturated carbocycles. The fourth-order valence-corrected chi connectivity index (χ4v) is 4.85. The second-order valence-electron chi connectivity index (χ2n) is 8.99. The number of fused-ring (bicyclic) bond motifs is 4. The first kappa shape index (κ1) is 22.9. The topological polar surface area (TPSA) is 94.9 Å². The fourth-order valence-electron chi connectivity index (χ4n) is 4.85. The Labute approximate surface area is 213 Å². The molecule has 0 saturated heterocycles. The number of imidazole rings is 1. The monoisotopic (exact) mass is 498 g/mol. The van der Waals surface area contributed by atoms with Gasteiger partial charge in [-0.2, -0.15) is 0 Å². The number of carbonyl (C=O) groups is 2. The zero-order chi connectivity index (χ0) is 25.4. The van der Waals surface area contributed by atoms with Gasteiger partial charge >= 0.3 is 0 Å². The van der Waals surface area contributed by atoms with Crippen LogP contribution in [0.15, 0.2) is 66.7 Å². The molecule has 1 aromatic heterocycles. The van der Waals surface area contributed by atoms with Crippen molar-refractivity contribution in [3.63, 3.8) is 0 Å². The van der Waals surface area contributed by atoms with Crippen molar-refractivity contribution in [1.82, 2.24) is 9.55 Å². The molecule has 0 unspecified atom stereocenters. The van der Waals surface area contributed by atoms with Crippen molar-refractivity contribution in [2.24, 2.45) is 0 Å². The third-order valence-corrected chi connectivity index (χ3v) is 6.67. The van der Waals surface area contributed by atoms with Gasteiger partial charge in [-0.1, -0.05) is 24.3 Å². The summed E-state index contributed by atoms with van der Waals surface area (Å²) in [7, 11) is 1.63. The Bertz CT molecular complexity index is 1480. The summed E-state index contributed by atoms with van der Waals surface area (Å²) < 4.78 is 18.3. The van der Waals surface area contributed by atoms with Crippen LogP contribution in [0.1, 0.15) is 18.0 Å². The van der Waals surface area contributed by atoms with Crippen LogP contribution in [0.2, 0.25) is 0 Å². The van der Waals surface area contributed by atoms with E-state index in [1.165, 1.54) is 0 Å². The number of ether oxygens (including phenoxy) is 3. The molecule has 4 aromatic rings. The Morgan fingerprint density at radius 3 is 2.65 bits per heavy atom. The zero-order valence-corrected chi connectivity index (χ0v) is 20.3. The number of rotatable bonds is 7. The van der Waals surface area contributed by atoms with Crippen molar-refractivity contribution < 1.29 is 23.8 Å². The smallest absolute Gasteiger partial charge is 0.253 e. The summed E-state index contributed by atoms with van der Waals surface area (Å²) in [5, 5.41) is 2.90. The first-order valence-corrected chi connectivity index (χ1v) is 12.2. The molecule has 37 heavy (non-hydrogen) atoms. The van der Waals surface area contributed by atoms with Crippen molar-refractivity contribution in [3.05, 3.63) is 72.3 Å². The highest BCUT2D eigenvalue weighted by molar-refractivity contribution is 6.05. The normalized spacial score (nSPS) is 16.1. The Morgan fingerprint density at radius 1 is 1.05 bits per heavy atom. The number of amides is 2. The largest absolute Gasteiger partial charge is 0.497 e. The zero-order valence-electron chi connectivity index (χ0n) is 20.3. The fraction of sp³-hybridized carbons (Fsp3) is 0.250. The van der Waals surface area contributed by atoms with E-state index in [0.29, 0.717) is 49.3 Å². The molecule has 1 N–H and O–H groups in total. The number of benzene rings is 3.